The molecule has 1 heterocycles. The van der Waals surface area contributed by atoms with Crippen LogP contribution in [-0.2, 0) is 11.2 Å². The molecule has 0 aliphatic rings. The smallest absolute Gasteiger partial charge is 0.269 e. The van der Waals surface area contributed by atoms with Crippen LogP contribution in [-0.4, -0.2) is 37.4 Å². The number of thioether (sulfide) groups is 1. The summed E-state index contributed by atoms with van der Waals surface area (Å²) >= 11 is 0.976. The Labute approximate surface area is 178 Å². The van der Waals surface area contributed by atoms with Gasteiger partial charge in [0.2, 0.25) is 11.1 Å². The van der Waals surface area contributed by atoms with Gasteiger partial charge in [-0.3, -0.25) is 30.6 Å². The van der Waals surface area contributed by atoms with Gasteiger partial charge in [-0.1, -0.05) is 30.0 Å². The number of carbonyl (C=O) groups is 2. The molecule has 13 heteroatoms. The standard InChI is InChI=1S/C18H16FN7O4S/c19-14-4-2-1-3-12(14)9-15-21-24-18(25(15)20)31-10-16(27)22-23-17(28)11-5-7-13(8-6-11)26(29)30/h1-8H,9-10,20H2,(H,22,27)(H,23,28). The molecule has 0 saturated carbocycles. The molecule has 0 fully saturated rings. The molecule has 0 spiro atoms. The number of nitro benzene ring substituents is 1. The molecule has 0 saturated heterocycles. The van der Waals surface area contributed by atoms with E-state index in [0.29, 0.717) is 11.4 Å². The molecule has 0 aliphatic heterocycles. The van der Waals surface area contributed by atoms with Gasteiger partial charge in [0.05, 0.1) is 10.7 Å². The number of hydrogen-bond donors (Lipinski definition) is 3. The van der Waals surface area contributed by atoms with Gasteiger partial charge in [0, 0.05) is 24.1 Å². The number of nitrogens with two attached hydrogens (primary N) is 1. The summed E-state index contributed by atoms with van der Waals surface area (Å²) in [5.74, 6) is 4.54. The second-order valence-corrected chi connectivity index (χ2v) is 7.07. The van der Waals surface area contributed by atoms with Gasteiger partial charge >= 0.3 is 0 Å². The van der Waals surface area contributed by atoms with Crippen LogP contribution in [0.25, 0.3) is 0 Å². The lowest BCUT2D eigenvalue weighted by atomic mass is 10.1. The van der Waals surface area contributed by atoms with E-state index in [1.807, 2.05) is 0 Å². The van der Waals surface area contributed by atoms with Crippen LogP contribution in [0.4, 0.5) is 10.1 Å². The van der Waals surface area contributed by atoms with E-state index < -0.39 is 16.7 Å². The molecule has 0 bridgehead atoms. The Balaban J connectivity index is 1.49. The molecule has 1 aromatic heterocycles. The zero-order valence-corrected chi connectivity index (χ0v) is 16.6. The van der Waals surface area contributed by atoms with E-state index in [1.165, 1.54) is 35.0 Å². The van der Waals surface area contributed by atoms with Gasteiger partial charge in [-0.2, -0.15) is 0 Å². The Morgan fingerprint density at radius 2 is 1.84 bits per heavy atom. The predicted molar refractivity (Wildman–Crippen MR) is 109 cm³/mol. The second kappa shape index (κ2) is 9.67. The van der Waals surface area contributed by atoms with E-state index >= 15 is 0 Å². The van der Waals surface area contributed by atoms with Gasteiger partial charge < -0.3 is 5.84 Å². The minimum absolute atomic E-state index is 0.129. The largest absolute Gasteiger partial charge is 0.336 e. The van der Waals surface area contributed by atoms with Gasteiger partial charge in [0.15, 0.2) is 5.82 Å². The van der Waals surface area contributed by atoms with E-state index in [9.17, 15) is 24.1 Å². The number of aromatic nitrogens is 3. The van der Waals surface area contributed by atoms with E-state index in [2.05, 4.69) is 21.0 Å². The number of amides is 2. The number of hydrogen-bond acceptors (Lipinski definition) is 8. The lowest BCUT2D eigenvalue weighted by Gasteiger charge is -2.07. The van der Waals surface area contributed by atoms with E-state index in [1.54, 1.807) is 18.2 Å². The molecule has 11 nitrogen and oxygen atoms in total. The molecular formula is C18H16FN7O4S. The molecule has 0 atom stereocenters. The van der Waals surface area contributed by atoms with Crippen LogP contribution in [0.1, 0.15) is 21.7 Å². The van der Waals surface area contributed by atoms with Gasteiger partial charge in [0.1, 0.15) is 5.82 Å². The van der Waals surface area contributed by atoms with Crippen molar-refractivity contribution < 1.29 is 18.9 Å². The number of rotatable bonds is 7. The van der Waals surface area contributed by atoms with Crippen LogP contribution in [0.5, 0.6) is 0 Å². The summed E-state index contributed by atoms with van der Waals surface area (Å²) in [6.07, 6.45) is 0.133. The monoisotopic (exact) mass is 445 g/mol. The van der Waals surface area contributed by atoms with E-state index in [0.717, 1.165) is 11.8 Å². The van der Waals surface area contributed by atoms with Gasteiger partial charge in [-0.15, -0.1) is 10.2 Å². The predicted octanol–water partition coefficient (Wildman–Crippen LogP) is 1.18. The number of nitrogen functional groups attached to an aromatic ring is 1. The summed E-state index contributed by atoms with van der Waals surface area (Å²) in [4.78, 5) is 34.0. The van der Waals surface area contributed by atoms with Crippen molar-refractivity contribution in [3.63, 3.8) is 0 Å². The molecule has 31 heavy (non-hydrogen) atoms. The molecule has 0 aliphatic carbocycles. The zero-order chi connectivity index (χ0) is 22.4. The summed E-state index contributed by atoms with van der Waals surface area (Å²) < 4.78 is 14.9. The fraction of sp³-hybridized carbons (Fsp3) is 0.111. The zero-order valence-electron chi connectivity index (χ0n) is 15.8. The van der Waals surface area contributed by atoms with Crippen molar-refractivity contribution in [2.45, 2.75) is 11.6 Å². The number of benzene rings is 2. The molecular weight excluding hydrogens is 429 g/mol. The summed E-state index contributed by atoms with van der Waals surface area (Å²) in [5, 5.41) is 18.7. The quantitative estimate of drug-likeness (QED) is 0.212. The van der Waals surface area contributed by atoms with Crippen LogP contribution in [0.3, 0.4) is 0 Å². The van der Waals surface area contributed by atoms with Crippen LogP contribution in [0.15, 0.2) is 53.7 Å². The molecule has 0 radical (unpaired) electrons. The highest BCUT2D eigenvalue weighted by molar-refractivity contribution is 7.99. The second-order valence-electron chi connectivity index (χ2n) is 6.13. The average molecular weight is 445 g/mol. The molecule has 2 amide bonds. The van der Waals surface area contributed by atoms with Crippen LogP contribution < -0.4 is 16.7 Å². The lowest BCUT2D eigenvalue weighted by Crippen LogP contribution is -2.42. The van der Waals surface area contributed by atoms with Gasteiger partial charge in [-0.25, -0.2) is 9.07 Å². The number of carbonyl (C=O) groups excluding carboxylic acids is 2. The number of halogens is 1. The van der Waals surface area contributed by atoms with Crippen molar-refractivity contribution in [1.29, 1.82) is 0 Å². The first-order valence-electron chi connectivity index (χ1n) is 8.74. The Kier molecular flexibility index (Phi) is 6.77. The molecule has 4 N–H and O–H groups in total. The maximum absolute atomic E-state index is 13.8. The van der Waals surface area contributed by atoms with E-state index in [-0.39, 0.29) is 34.4 Å². The Bertz CT molecular complexity index is 1120. The van der Waals surface area contributed by atoms with Gasteiger partial charge in [-0.05, 0) is 23.8 Å². The average Bonchev–Trinajstić information content (AvgIpc) is 3.11. The summed E-state index contributed by atoms with van der Waals surface area (Å²) in [5.41, 5.74) is 4.82. The number of hydrazine groups is 1. The van der Waals surface area contributed by atoms with E-state index in [4.69, 9.17) is 5.84 Å². The first-order valence-corrected chi connectivity index (χ1v) is 9.73. The number of non-ortho nitro benzene ring substituents is 1. The lowest BCUT2D eigenvalue weighted by molar-refractivity contribution is -0.384. The van der Waals surface area contributed by atoms with Crippen molar-refractivity contribution in [2.75, 3.05) is 11.6 Å². The van der Waals surface area contributed by atoms with Crippen LogP contribution in [0, 0.1) is 15.9 Å². The van der Waals surface area contributed by atoms with Crippen molar-refractivity contribution in [1.82, 2.24) is 25.7 Å². The van der Waals surface area contributed by atoms with Crippen LogP contribution in [0.2, 0.25) is 0 Å². The first kappa shape index (κ1) is 21.7. The summed E-state index contributed by atoms with van der Waals surface area (Å²) in [7, 11) is 0. The fourth-order valence-corrected chi connectivity index (χ4v) is 3.11. The minimum Gasteiger partial charge on any atom is -0.336 e. The topological polar surface area (TPSA) is 158 Å². The molecule has 2 aromatic carbocycles. The summed E-state index contributed by atoms with van der Waals surface area (Å²) in [6, 6.07) is 11.1. The third-order valence-electron chi connectivity index (χ3n) is 4.03. The molecule has 3 rings (SSSR count). The highest BCUT2D eigenvalue weighted by Gasteiger charge is 2.15. The van der Waals surface area contributed by atoms with Crippen molar-refractivity contribution >= 4 is 29.3 Å². The highest BCUT2D eigenvalue weighted by Crippen LogP contribution is 2.17. The number of nitrogens with zero attached hydrogens (tertiary/aromatic N) is 4. The Morgan fingerprint density at radius 3 is 2.52 bits per heavy atom. The highest BCUT2D eigenvalue weighted by atomic mass is 32.2. The molecule has 3 aromatic rings. The van der Waals surface area contributed by atoms with Crippen molar-refractivity contribution in [3.05, 3.63) is 81.4 Å². The number of nitrogens with one attached hydrogen (secondary N) is 2. The first-order chi connectivity index (χ1) is 14.8. The Morgan fingerprint density at radius 1 is 1.13 bits per heavy atom. The van der Waals surface area contributed by atoms with Crippen molar-refractivity contribution in [2.24, 2.45) is 0 Å². The summed E-state index contributed by atoms with van der Waals surface area (Å²) in [6.45, 7) is 0. The van der Waals surface area contributed by atoms with Crippen LogP contribution >= 0.6 is 11.8 Å². The minimum atomic E-state index is -0.637. The SMILES string of the molecule is Nn1c(Cc2ccccc2F)nnc1SCC(=O)NNC(=O)c1ccc([N+](=O)[O-])cc1. The third kappa shape index (κ3) is 5.54. The third-order valence-corrected chi connectivity index (χ3v) is 4.97. The van der Waals surface area contributed by atoms with Crippen molar-refractivity contribution in [3.8, 4) is 0 Å². The number of nitro groups is 1. The maximum Gasteiger partial charge on any atom is 0.269 e. The molecule has 0 unspecified atom stereocenters. The molecule has 160 valence electrons. The maximum atomic E-state index is 13.8. The normalized spacial score (nSPS) is 10.5. The fourth-order valence-electron chi connectivity index (χ4n) is 2.44. The Hall–Kier alpha value is -4.00. The van der Waals surface area contributed by atoms with Gasteiger partial charge in [0.25, 0.3) is 11.6 Å².